The van der Waals surface area contributed by atoms with Gasteiger partial charge in [-0.15, -0.1) is 0 Å². The van der Waals surface area contributed by atoms with Gasteiger partial charge in [-0.3, -0.25) is 4.79 Å². The smallest absolute Gasteiger partial charge is 0.317 e. The number of carboxylic acid groups (broad SMARTS) is 1. The minimum Gasteiger partial charge on any atom is -0.481 e. The number of hydrogen-bond donors (Lipinski definition) is 2. The van der Waals surface area contributed by atoms with Crippen LogP contribution in [0.15, 0.2) is 0 Å². The summed E-state index contributed by atoms with van der Waals surface area (Å²) in [5.41, 5.74) is 0. The third kappa shape index (κ3) is 2.62. The first-order chi connectivity index (χ1) is 9.66. The van der Waals surface area contributed by atoms with E-state index in [0.29, 0.717) is 12.3 Å². The van der Waals surface area contributed by atoms with Crippen LogP contribution in [0.2, 0.25) is 0 Å². The highest BCUT2D eigenvalue weighted by atomic mass is 32.2. The number of nitrogens with zero attached hydrogens (tertiary/aromatic N) is 1. The lowest BCUT2D eigenvalue weighted by molar-refractivity contribution is -0.142. The van der Waals surface area contributed by atoms with E-state index in [1.165, 1.54) is 24.3 Å². The number of rotatable bonds is 3. The summed E-state index contributed by atoms with van der Waals surface area (Å²) in [5.74, 6) is 1.87. The highest BCUT2D eigenvalue weighted by Gasteiger charge is 2.51. The van der Waals surface area contributed by atoms with Gasteiger partial charge in [0.15, 0.2) is 0 Å². The quantitative estimate of drug-likeness (QED) is 0.833. The summed E-state index contributed by atoms with van der Waals surface area (Å²) in [7, 11) is 0. The van der Waals surface area contributed by atoms with Crippen LogP contribution in [0.3, 0.4) is 0 Å². The average Bonchev–Trinajstić information content (AvgIpc) is 3.03. The number of carbonyl (C=O) groups excluding carboxylic acids is 1. The summed E-state index contributed by atoms with van der Waals surface area (Å²) >= 11 is 1.98. The Kier molecular flexibility index (Phi) is 4.10. The van der Waals surface area contributed by atoms with Gasteiger partial charge in [0, 0.05) is 18.6 Å². The number of aliphatic carboxylic acids is 1. The van der Waals surface area contributed by atoms with Crippen molar-refractivity contribution in [3.8, 4) is 0 Å². The first kappa shape index (κ1) is 14.0. The number of nitrogens with one attached hydrogen (secondary N) is 1. The molecule has 2 N–H and O–H groups in total. The monoisotopic (exact) mass is 298 g/mol. The van der Waals surface area contributed by atoms with E-state index in [4.69, 9.17) is 0 Å². The molecule has 0 aromatic heterocycles. The number of amides is 2. The molecule has 6 heteroatoms. The fraction of sp³-hybridized carbons (Fsp3) is 0.857. The number of fused-ring (bicyclic) bond motifs is 2. The second kappa shape index (κ2) is 5.84. The second-order valence-electron chi connectivity index (χ2n) is 6.13. The zero-order valence-corrected chi connectivity index (χ0v) is 12.4. The molecule has 3 atom stereocenters. The van der Waals surface area contributed by atoms with Gasteiger partial charge in [-0.1, -0.05) is 0 Å². The van der Waals surface area contributed by atoms with Gasteiger partial charge in [-0.25, -0.2) is 4.79 Å². The molecule has 0 radical (unpaired) electrons. The zero-order valence-electron chi connectivity index (χ0n) is 11.6. The summed E-state index contributed by atoms with van der Waals surface area (Å²) < 4.78 is 0. The van der Waals surface area contributed by atoms with E-state index >= 15 is 0 Å². The fourth-order valence-electron chi connectivity index (χ4n) is 3.84. The Labute approximate surface area is 123 Å². The number of thioether (sulfide) groups is 1. The van der Waals surface area contributed by atoms with E-state index in [1.54, 1.807) is 0 Å². The van der Waals surface area contributed by atoms with E-state index in [1.807, 2.05) is 16.7 Å². The standard InChI is InChI=1S/C14H22N2O3S/c17-13(18)11-7-10-1-2-12(11)16(10)14(19)15-8-9-3-5-20-6-4-9/h9-12H,1-8H2,(H,15,19)(H,17,18). The molecule has 0 aromatic carbocycles. The summed E-state index contributed by atoms with van der Waals surface area (Å²) in [4.78, 5) is 25.4. The van der Waals surface area contributed by atoms with Crippen LogP contribution in [-0.4, -0.2) is 52.1 Å². The van der Waals surface area contributed by atoms with Crippen LogP contribution in [0.4, 0.5) is 4.79 Å². The van der Waals surface area contributed by atoms with Crippen LogP contribution in [0.25, 0.3) is 0 Å². The Morgan fingerprint density at radius 3 is 2.60 bits per heavy atom. The lowest BCUT2D eigenvalue weighted by atomic mass is 9.89. The number of urea groups is 1. The maximum atomic E-state index is 12.3. The van der Waals surface area contributed by atoms with Crippen LogP contribution >= 0.6 is 11.8 Å². The van der Waals surface area contributed by atoms with Gasteiger partial charge in [0.1, 0.15) is 0 Å². The van der Waals surface area contributed by atoms with Crippen molar-refractivity contribution in [2.45, 2.75) is 44.2 Å². The van der Waals surface area contributed by atoms with Crippen molar-refractivity contribution in [3.63, 3.8) is 0 Å². The molecule has 0 aliphatic carbocycles. The summed E-state index contributed by atoms with van der Waals surface area (Å²) in [6.45, 7) is 0.743. The van der Waals surface area contributed by atoms with Crippen LogP contribution in [0.5, 0.6) is 0 Å². The molecular weight excluding hydrogens is 276 g/mol. The van der Waals surface area contributed by atoms with E-state index in [-0.39, 0.29) is 24.0 Å². The highest BCUT2D eigenvalue weighted by molar-refractivity contribution is 7.99. The van der Waals surface area contributed by atoms with Gasteiger partial charge in [0.05, 0.1) is 5.92 Å². The first-order valence-corrected chi connectivity index (χ1v) is 8.69. The van der Waals surface area contributed by atoms with Crippen molar-refractivity contribution in [1.29, 1.82) is 0 Å². The molecule has 5 nitrogen and oxygen atoms in total. The van der Waals surface area contributed by atoms with Crippen LogP contribution in [-0.2, 0) is 4.79 Å². The Bertz CT molecular complexity index is 398. The highest BCUT2D eigenvalue weighted by Crippen LogP contribution is 2.41. The molecule has 3 fully saturated rings. The fourth-order valence-corrected chi connectivity index (χ4v) is 5.05. The topological polar surface area (TPSA) is 69.6 Å². The summed E-state index contributed by atoms with van der Waals surface area (Å²) in [6.07, 6.45) is 4.79. The predicted molar refractivity (Wildman–Crippen MR) is 77.8 cm³/mol. The maximum absolute atomic E-state index is 12.3. The molecule has 0 spiro atoms. The van der Waals surface area contributed by atoms with Crippen molar-refractivity contribution >= 4 is 23.8 Å². The number of carboxylic acids is 1. The van der Waals surface area contributed by atoms with Gasteiger partial charge in [0.2, 0.25) is 0 Å². The SMILES string of the molecule is O=C(O)C1CC2CCC1N2C(=O)NCC1CCSCC1. The molecule has 3 aliphatic heterocycles. The normalized spacial score (nSPS) is 33.4. The second-order valence-corrected chi connectivity index (χ2v) is 7.35. The molecule has 3 saturated heterocycles. The van der Waals surface area contributed by atoms with E-state index in [9.17, 15) is 14.7 Å². The summed E-state index contributed by atoms with van der Waals surface area (Å²) in [6, 6.07) is 0.0156. The average molecular weight is 298 g/mol. The number of hydrogen-bond acceptors (Lipinski definition) is 3. The molecule has 2 bridgehead atoms. The largest absolute Gasteiger partial charge is 0.481 e. The molecule has 3 heterocycles. The van der Waals surface area contributed by atoms with Crippen molar-refractivity contribution < 1.29 is 14.7 Å². The molecule has 0 aromatic rings. The zero-order chi connectivity index (χ0) is 14.1. The van der Waals surface area contributed by atoms with Crippen LogP contribution < -0.4 is 5.32 Å². The molecule has 0 saturated carbocycles. The molecular formula is C14H22N2O3S. The van der Waals surface area contributed by atoms with Gasteiger partial charge in [-0.2, -0.15) is 11.8 Å². The predicted octanol–water partition coefficient (Wildman–Crippen LogP) is 1.78. The molecule has 3 rings (SSSR count). The van der Waals surface area contributed by atoms with E-state index in [2.05, 4.69) is 5.32 Å². The first-order valence-electron chi connectivity index (χ1n) is 7.53. The van der Waals surface area contributed by atoms with Gasteiger partial charge < -0.3 is 15.3 Å². The lowest BCUT2D eigenvalue weighted by Crippen LogP contribution is -2.45. The van der Waals surface area contributed by atoms with E-state index in [0.717, 1.165) is 19.4 Å². The van der Waals surface area contributed by atoms with Gasteiger partial charge in [0.25, 0.3) is 0 Å². The number of carbonyl (C=O) groups is 2. The Hall–Kier alpha value is -0.910. The maximum Gasteiger partial charge on any atom is 0.317 e. The molecule has 3 aliphatic rings. The van der Waals surface area contributed by atoms with Gasteiger partial charge in [-0.05, 0) is 49.5 Å². The summed E-state index contributed by atoms with van der Waals surface area (Å²) in [5, 5.41) is 12.2. The van der Waals surface area contributed by atoms with Crippen LogP contribution in [0.1, 0.15) is 32.1 Å². The minimum atomic E-state index is -0.751. The third-order valence-corrected chi connectivity index (χ3v) is 6.02. The molecule has 2 amide bonds. The molecule has 3 unspecified atom stereocenters. The van der Waals surface area contributed by atoms with Crippen molar-refractivity contribution in [3.05, 3.63) is 0 Å². The Balaban J connectivity index is 1.54. The minimum absolute atomic E-state index is 0.0422. The Morgan fingerprint density at radius 1 is 1.20 bits per heavy atom. The van der Waals surface area contributed by atoms with Gasteiger partial charge >= 0.3 is 12.0 Å². The van der Waals surface area contributed by atoms with E-state index < -0.39 is 5.97 Å². The van der Waals surface area contributed by atoms with Crippen LogP contribution in [0, 0.1) is 11.8 Å². The van der Waals surface area contributed by atoms with Crippen molar-refractivity contribution in [2.75, 3.05) is 18.1 Å². The van der Waals surface area contributed by atoms with Crippen molar-refractivity contribution in [1.82, 2.24) is 10.2 Å². The lowest BCUT2D eigenvalue weighted by Gasteiger charge is -2.26. The third-order valence-electron chi connectivity index (χ3n) is 4.97. The van der Waals surface area contributed by atoms with Crippen molar-refractivity contribution in [2.24, 2.45) is 11.8 Å². The molecule has 20 heavy (non-hydrogen) atoms. The Morgan fingerprint density at radius 2 is 1.95 bits per heavy atom. The molecule has 112 valence electrons.